The molecule has 0 spiro atoms. The number of carbonyl (C=O) groups excluding carboxylic acids is 3. The lowest BCUT2D eigenvalue weighted by atomic mass is 9.88. The molecule has 0 saturated carbocycles. The number of piperidine rings is 1. The van der Waals surface area contributed by atoms with Crippen LogP contribution in [0.3, 0.4) is 0 Å². The van der Waals surface area contributed by atoms with E-state index in [0.717, 1.165) is 12.1 Å². The predicted octanol–water partition coefficient (Wildman–Crippen LogP) is 3.51. The predicted molar refractivity (Wildman–Crippen MR) is 108 cm³/mol. The highest BCUT2D eigenvalue weighted by Gasteiger charge is 2.29. The minimum absolute atomic E-state index is 0.0384. The van der Waals surface area contributed by atoms with Crippen molar-refractivity contribution in [2.75, 3.05) is 19.7 Å². The highest BCUT2D eigenvalue weighted by molar-refractivity contribution is 6.00. The Balaban J connectivity index is 1.73. The number of nitro groups is 1. The second-order valence-electron chi connectivity index (χ2n) is 7.04. The maximum Gasteiger partial charge on any atom is 0.338 e. The number of amides is 1. The van der Waals surface area contributed by atoms with Crippen LogP contribution in [0.25, 0.3) is 0 Å². The Morgan fingerprint density at radius 3 is 2.27 bits per heavy atom. The monoisotopic (exact) mass is 410 g/mol. The summed E-state index contributed by atoms with van der Waals surface area (Å²) in [5.74, 6) is -1.24. The van der Waals surface area contributed by atoms with Crippen LogP contribution in [-0.2, 0) is 4.74 Å². The van der Waals surface area contributed by atoms with Crippen molar-refractivity contribution in [3.05, 3.63) is 75.3 Å². The first-order valence-corrected chi connectivity index (χ1v) is 9.76. The fourth-order valence-corrected chi connectivity index (χ4v) is 3.54. The lowest BCUT2D eigenvalue weighted by Gasteiger charge is -2.31. The summed E-state index contributed by atoms with van der Waals surface area (Å²) in [5, 5.41) is 11.2. The molecule has 156 valence electrons. The van der Waals surface area contributed by atoms with Crippen molar-refractivity contribution in [3.63, 3.8) is 0 Å². The number of benzene rings is 2. The van der Waals surface area contributed by atoms with Crippen LogP contribution in [0.2, 0.25) is 0 Å². The van der Waals surface area contributed by atoms with Gasteiger partial charge in [-0.05, 0) is 25.8 Å². The van der Waals surface area contributed by atoms with E-state index in [2.05, 4.69) is 0 Å². The number of esters is 1. The number of Topliss-reactive ketones (excluding diaryl/α,β-unsaturated/α-hetero) is 1. The molecular formula is C22H22N2O6. The quantitative estimate of drug-likeness (QED) is 0.312. The van der Waals surface area contributed by atoms with Crippen LogP contribution in [0.4, 0.5) is 5.69 Å². The highest BCUT2D eigenvalue weighted by atomic mass is 16.6. The van der Waals surface area contributed by atoms with Crippen LogP contribution in [0, 0.1) is 16.0 Å². The smallest absolute Gasteiger partial charge is 0.338 e. The van der Waals surface area contributed by atoms with Crippen LogP contribution in [0.5, 0.6) is 0 Å². The standard InChI is InChI=1S/C22H22N2O6/c1-2-30-22(27)18-12-17(13-19(14-18)24(28)29)21(26)23-10-8-16(9-11-23)20(25)15-6-4-3-5-7-15/h3-7,12-14,16H,2,8-11H2,1H3. The molecule has 1 heterocycles. The van der Waals surface area contributed by atoms with Crippen molar-refractivity contribution < 1.29 is 24.0 Å². The number of likely N-dealkylation sites (tertiary alicyclic amines) is 1. The summed E-state index contributed by atoms with van der Waals surface area (Å²) < 4.78 is 4.90. The fourth-order valence-electron chi connectivity index (χ4n) is 3.54. The van der Waals surface area contributed by atoms with Gasteiger partial charge in [-0.25, -0.2) is 4.79 Å². The van der Waals surface area contributed by atoms with Gasteiger partial charge in [-0.15, -0.1) is 0 Å². The average molecular weight is 410 g/mol. The molecule has 1 saturated heterocycles. The van der Waals surface area contributed by atoms with Crippen LogP contribution in [0.1, 0.15) is 50.8 Å². The van der Waals surface area contributed by atoms with E-state index in [0.29, 0.717) is 31.5 Å². The van der Waals surface area contributed by atoms with E-state index in [9.17, 15) is 24.5 Å². The molecule has 3 rings (SSSR count). The number of hydrogen-bond donors (Lipinski definition) is 0. The molecule has 2 aromatic rings. The fraction of sp³-hybridized carbons (Fsp3) is 0.318. The van der Waals surface area contributed by atoms with Crippen LogP contribution in [-0.4, -0.2) is 47.2 Å². The summed E-state index contributed by atoms with van der Waals surface area (Å²) in [5.41, 5.74) is 0.321. The molecule has 1 fully saturated rings. The zero-order valence-corrected chi connectivity index (χ0v) is 16.6. The summed E-state index contributed by atoms with van der Waals surface area (Å²) in [6, 6.07) is 12.6. The average Bonchev–Trinajstić information content (AvgIpc) is 2.78. The van der Waals surface area contributed by atoms with Gasteiger partial charge in [0.25, 0.3) is 11.6 Å². The molecule has 0 radical (unpaired) electrons. The molecule has 0 bridgehead atoms. The van der Waals surface area contributed by atoms with Gasteiger partial charge in [-0.2, -0.15) is 0 Å². The van der Waals surface area contributed by atoms with E-state index in [4.69, 9.17) is 4.74 Å². The second kappa shape index (κ2) is 9.30. The Bertz CT molecular complexity index is 965. The van der Waals surface area contributed by atoms with E-state index >= 15 is 0 Å². The Labute approximate surface area is 173 Å². The second-order valence-corrected chi connectivity index (χ2v) is 7.04. The van der Waals surface area contributed by atoms with Gasteiger partial charge in [-0.1, -0.05) is 30.3 Å². The number of nitrogens with zero attached hydrogens (tertiary/aromatic N) is 2. The number of hydrogen-bond acceptors (Lipinski definition) is 6. The molecule has 2 aromatic carbocycles. The topological polar surface area (TPSA) is 107 Å². The van der Waals surface area contributed by atoms with E-state index in [1.54, 1.807) is 24.0 Å². The number of non-ortho nitro benzene ring substituents is 1. The first-order valence-electron chi connectivity index (χ1n) is 9.76. The molecule has 0 aromatic heterocycles. The van der Waals surface area contributed by atoms with Crippen molar-refractivity contribution in [3.8, 4) is 0 Å². The first-order chi connectivity index (χ1) is 14.4. The number of nitro benzene ring substituents is 1. The zero-order valence-electron chi connectivity index (χ0n) is 16.6. The minimum Gasteiger partial charge on any atom is -0.462 e. The van der Waals surface area contributed by atoms with Crippen molar-refractivity contribution in [2.45, 2.75) is 19.8 Å². The SMILES string of the molecule is CCOC(=O)c1cc(C(=O)N2CCC(C(=O)c3ccccc3)CC2)cc([N+](=O)[O-])c1. The maximum absolute atomic E-state index is 12.9. The Morgan fingerprint density at radius 1 is 1.03 bits per heavy atom. The first kappa shape index (κ1) is 21.2. The largest absolute Gasteiger partial charge is 0.462 e. The molecule has 1 amide bonds. The molecule has 0 aliphatic carbocycles. The van der Waals surface area contributed by atoms with Gasteiger partial charge in [-0.3, -0.25) is 19.7 Å². The third kappa shape index (κ3) is 4.71. The minimum atomic E-state index is -0.720. The van der Waals surface area contributed by atoms with E-state index < -0.39 is 16.8 Å². The number of ketones is 1. The molecule has 0 unspecified atom stereocenters. The van der Waals surface area contributed by atoms with Crippen molar-refractivity contribution >= 4 is 23.3 Å². The van der Waals surface area contributed by atoms with E-state index in [1.807, 2.05) is 18.2 Å². The lowest BCUT2D eigenvalue weighted by Crippen LogP contribution is -2.40. The zero-order chi connectivity index (χ0) is 21.7. The molecule has 30 heavy (non-hydrogen) atoms. The van der Waals surface area contributed by atoms with E-state index in [-0.39, 0.29) is 35.1 Å². The number of carbonyl (C=O) groups is 3. The summed E-state index contributed by atoms with van der Waals surface area (Å²) in [7, 11) is 0. The summed E-state index contributed by atoms with van der Waals surface area (Å²) in [4.78, 5) is 49.7. The number of ether oxygens (including phenoxy) is 1. The molecule has 8 nitrogen and oxygen atoms in total. The lowest BCUT2D eigenvalue weighted by molar-refractivity contribution is -0.384. The number of rotatable bonds is 6. The Kier molecular flexibility index (Phi) is 6.56. The molecule has 0 atom stereocenters. The van der Waals surface area contributed by atoms with Gasteiger partial charge in [0.15, 0.2) is 5.78 Å². The van der Waals surface area contributed by atoms with Gasteiger partial charge in [0.2, 0.25) is 0 Å². The van der Waals surface area contributed by atoms with Crippen LogP contribution in [0.15, 0.2) is 48.5 Å². The maximum atomic E-state index is 12.9. The van der Waals surface area contributed by atoms with Gasteiger partial charge >= 0.3 is 5.97 Å². The molecule has 1 aliphatic rings. The van der Waals surface area contributed by atoms with Crippen molar-refractivity contribution in [1.82, 2.24) is 4.90 Å². The normalized spacial score (nSPS) is 14.2. The van der Waals surface area contributed by atoms with Gasteiger partial charge < -0.3 is 9.64 Å². The third-order valence-electron chi connectivity index (χ3n) is 5.10. The van der Waals surface area contributed by atoms with Gasteiger partial charge in [0, 0.05) is 42.3 Å². The molecular weight excluding hydrogens is 388 g/mol. The third-order valence-corrected chi connectivity index (χ3v) is 5.10. The summed E-state index contributed by atoms with van der Waals surface area (Å²) in [6.07, 6.45) is 1.03. The Hall–Kier alpha value is -3.55. The van der Waals surface area contributed by atoms with Gasteiger partial charge in [0.1, 0.15) is 0 Å². The van der Waals surface area contributed by atoms with Crippen LogP contribution >= 0.6 is 0 Å². The highest BCUT2D eigenvalue weighted by Crippen LogP contribution is 2.25. The van der Waals surface area contributed by atoms with Gasteiger partial charge in [0.05, 0.1) is 17.1 Å². The Morgan fingerprint density at radius 2 is 1.67 bits per heavy atom. The van der Waals surface area contributed by atoms with Crippen LogP contribution < -0.4 is 0 Å². The molecule has 8 heteroatoms. The molecule has 0 N–H and O–H groups in total. The summed E-state index contributed by atoms with van der Waals surface area (Å²) in [6.45, 7) is 2.47. The van der Waals surface area contributed by atoms with Crippen molar-refractivity contribution in [2.24, 2.45) is 5.92 Å². The van der Waals surface area contributed by atoms with E-state index in [1.165, 1.54) is 6.07 Å². The molecule has 1 aliphatic heterocycles. The summed E-state index contributed by atoms with van der Waals surface area (Å²) >= 11 is 0. The van der Waals surface area contributed by atoms with Crippen molar-refractivity contribution in [1.29, 1.82) is 0 Å².